The molecule has 0 atom stereocenters. The highest BCUT2D eigenvalue weighted by Crippen LogP contribution is 2.35. The number of hydrogen-bond donors (Lipinski definition) is 2. The fraction of sp³-hybridized carbons (Fsp3) is 0.0800. The van der Waals surface area contributed by atoms with Gasteiger partial charge in [-0.05, 0) is 54.1 Å². The maximum absolute atomic E-state index is 12.9. The Bertz CT molecular complexity index is 1400. The number of halogens is 6. The number of ether oxygens (including phenoxy) is 1. The number of nitriles is 1. The molecule has 37 heavy (non-hydrogen) atoms. The molecule has 0 aliphatic rings. The first-order chi connectivity index (χ1) is 17.5. The predicted octanol–water partition coefficient (Wildman–Crippen LogP) is 7.23. The number of para-hydroxylation sites is 1. The average molecular weight is 569 g/mol. The van der Waals surface area contributed by atoms with E-state index in [2.05, 4.69) is 10.6 Å². The van der Waals surface area contributed by atoms with Gasteiger partial charge in [0, 0.05) is 5.69 Å². The molecule has 12 heteroatoms. The minimum Gasteiger partial charge on any atom is -0.481 e. The number of nitrogens with zero attached hydrogens (tertiary/aromatic N) is 1. The number of nitrogens with one attached hydrogen (secondary N) is 2. The Kier molecular flexibility index (Phi) is 9.05. The molecule has 2 amide bonds. The molecule has 0 saturated heterocycles. The van der Waals surface area contributed by atoms with Crippen molar-refractivity contribution >= 4 is 64.1 Å². The highest BCUT2D eigenvalue weighted by Gasteiger charge is 2.30. The lowest BCUT2D eigenvalue weighted by Crippen LogP contribution is -2.20. The molecule has 0 fully saturated rings. The van der Waals surface area contributed by atoms with E-state index in [9.17, 15) is 28.0 Å². The summed E-state index contributed by atoms with van der Waals surface area (Å²) >= 11 is 18.4. The van der Waals surface area contributed by atoms with Crippen LogP contribution in [0.15, 0.2) is 66.2 Å². The third-order valence-corrected chi connectivity index (χ3v) is 5.53. The summed E-state index contributed by atoms with van der Waals surface area (Å²) in [5.74, 6) is -1.48. The third kappa shape index (κ3) is 7.64. The van der Waals surface area contributed by atoms with E-state index in [0.717, 1.165) is 24.3 Å². The van der Waals surface area contributed by atoms with Gasteiger partial charge in [0.15, 0.2) is 12.4 Å². The van der Waals surface area contributed by atoms with E-state index in [4.69, 9.17) is 39.5 Å². The molecule has 0 heterocycles. The molecule has 2 N–H and O–H groups in total. The van der Waals surface area contributed by atoms with Crippen LogP contribution in [0.4, 0.5) is 24.5 Å². The Balaban J connectivity index is 1.71. The van der Waals surface area contributed by atoms with Gasteiger partial charge in [0.05, 0.1) is 26.3 Å². The lowest BCUT2D eigenvalue weighted by Gasteiger charge is -2.12. The summed E-state index contributed by atoms with van der Waals surface area (Å²) < 4.78 is 44.1. The van der Waals surface area contributed by atoms with Crippen LogP contribution in [-0.4, -0.2) is 18.4 Å². The highest BCUT2D eigenvalue weighted by molar-refractivity contribution is 6.37. The van der Waals surface area contributed by atoms with E-state index in [1.165, 1.54) is 18.2 Å². The van der Waals surface area contributed by atoms with Crippen molar-refractivity contribution in [3.63, 3.8) is 0 Å². The molecular formula is C25H15Cl3F3N3O3. The standard InChI is InChI=1S/C25H15Cl3F3N3O3/c26-18-6-1-2-7-21(18)34-22(35)13-37-23-19(27)9-14(10-20(23)28)8-15(12-32)24(36)33-17-5-3-4-16(11-17)25(29,30)31/h1-11H,13H2,(H,33,36)(H,34,35)/b15-8+. The topological polar surface area (TPSA) is 91.2 Å². The lowest BCUT2D eigenvalue weighted by molar-refractivity contribution is -0.137. The maximum Gasteiger partial charge on any atom is 0.416 e. The van der Waals surface area contributed by atoms with E-state index >= 15 is 0 Å². The molecule has 3 rings (SSSR count). The van der Waals surface area contributed by atoms with Crippen molar-refractivity contribution in [2.75, 3.05) is 17.2 Å². The second-order valence-corrected chi connectivity index (χ2v) is 8.55. The van der Waals surface area contributed by atoms with Crippen molar-refractivity contribution in [3.05, 3.63) is 92.4 Å². The van der Waals surface area contributed by atoms with Crippen molar-refractivity contribution in [2.24, 2.45) is 0 Å². The summed E-state index contributed by atoms with van der Waals surface area (Å²) in [6, 6.07) is 14.9. The van der Waals surface area contributed by atoms with Crippen molar-refractivity contribution < 1.29 is 27.5 Å². The Labute approximate surface area is 224 Å². The van der Waals surface area contributed by atoms with Crippen LogP contribution in [0.2, 0.25) is 15.1 Å². The number of amides is 2. The number of carbonyl (C=O) groups is 2. The van der Waals surface area contributed by atoms with Crippen LogP contribution in [0.25, 0.3) is 6.08 Å². The quantitative estimate of drug-likeness (QED) is 0.232. The zero-order valence-electron chi connectivity index (χ0n) is 18.5. The molecule has 0 bridgehead atoms. The third-order valence-electron chi connectivity index (χ3n) is 4.64. The van der Waals surface area contributed by atoms with Gasteiger partial charge in [-0.25, -0.2) is 0 Å². The Hall–Kier alpha value is -3.71. The van der Waals surface area contributed by atoms with Crippen LogP contribution < -0.4 is 15.4 Å². The molecule has 3 aromatic rings. The summed E-state index contributed by atoms with van der Waals surface area (Å²) in [5, 5.41) is 14.5. The van der Waals surface area contributed by atoms with Crippen LogP contribution in [-0.2, 0) is 15.8 Å². The zero-order chi connectivity index (χ0) is 27.2. The molecule has 0 aliphatic heterocycles. The molecule has 0 unspecified atom stereocenters. The Morgan fingerprint density at radius 2 is 1.62 bits per heavy atom. The first-order valence-electron chi connectivity index (χ1n) is 10.2. The smallest absolute Gasteiger partial charge is 0.416 e. The van der Waals surface area contributed by atoms with Gasteiger partial charge in [0.2, 0.25) is 0 Å². The van der Waals surface area contributed by atoms with Gasteiger partial charge < -0.3 is 15.4 Å². The number of anilines is 2. The van der Waals surface area contributed by atoms with E-state index in [-0.39, 0.29) is 27.0 Å². The van der Waals surface area contributed by atoms with Crippen LogP contribution in [0.5, 0.6) is 5.75 Å². The molecule has 3 aromatic carbocycles. The number of alkyl halides is 3. The van der Waals surface area contributed by atoms with Gasteiger partial charge in [-0.1, -0.05) is 53.0 Å². The SMILES string of the molecule is N#C/C(=C\c1cc(Cl)c(OCC(=O)Nc2ccccc2Cl)c(Cl)c1)C(=O)Nc1cccc(C(F)(F)F)c1. The van der Waals surface area contributed by atoms with Gasteiger partial charge in [-0.15, -0.1) is 0 Å². The first-order valence-corrected chi connectivity index (χ1v) is 11.4. The molecule has 6 nitrogen and oxygen atoms in total. The maximum atomic E-state index is 12.9. The van der Waals surface area contributed by atoms with Gasteiger partial charge in [-0.2, -0.15) is 18.4 Å². The van der Waals surface area contributed by atoms with Crippen molar-refractivity contribution in [3.8, 4) is 11.8 Å². The van der Waals surface area contributed by atoms with Gasteiger partial charge in [0.25, 0.3) is 11.8 Å². The summed E-state index contributed by atoms with van der Waals surface area (Å²) in [5.41, 5.74) is -0.892. The van der Waals surface area contributed by atoms with E-state index in [1.807, 2.05) is 0 Å². The fourth-order valence-electron chi connectivity index (χ4n) is 2.97. The minimum absolute atomic E-state index is 0.0123. The summed E-state index contributed by atoms with van der Waals surface area (Å²) in [7, 11) is 0. The van der Waals surface area contributed by atoms with E-state index in [0.29, 0.717) is 10.7 Å². The average Bonchev–Trinajstić information content (AvgIpc) is 2.83. The van der Waals surface area contributed by atoms with Gasteiger partial charge in [0.1, 0.15) is 11.6 Å². The minimum atomic E-state index is -4.60. The largest absolute Gasteiger partial charge is 0.481 e. The van der Waals surface area contributed by atoms with Crippen LogP contribution >= 0.6 is 34.8 Å². The molecule has 0 saturated carbocycles. The Morgan fingerprint density at radius 1 is 0.946 bits per heavy atom. The van der Waals surface area contributed by atoms with Gasteiger partial charge >= 0.3 is 6.18 Å². The lowest BCUT2D eigenvalue weighted by atomic mass is 10.1. The van der Waals surface area contributed by atoms with Crippen molar-refractivity contribution in [2.45, 2.75) is 6.18 Å². The normalized spacial score (nSPS) is 11.4. The summed E-state index contributed by atoms with van der Waals surface area (Å²) in [4.78, 5) is 24.6. The van der Waals surface area contributed by atoms with Crippen molar-refractivity contribution in [1.82, 2.24) is 0 Å². The van der Waals surface area contributed by atoms with Crippen LogP contribution in [0.1, 0.15) is 11.1 Å². The van der Waals surface area contributed by atoms with Crippen LogP contribution in [0.3, 0.4) is 0 Å². The molecule has 0 aromatic heterocycles. The fourth-order valence-corrected chi connectivity index (χ4v) is 3.77. The number of benzene rings is 3. The number of rotatable bonds is 7. The van der Waals surface area contributed by atoms with Crippen LogP contribution in [0, 0.1) is 11.3 Å². The molecular weight excluding hydrogens is 554 g/mol. The van der Waals surface area contributed by atoms with Gasteiger partial charge in [-0.3, -0.25) is 9.59 Å². The summed E-state index contributed by atoms with van der Waals surface area (Å²) in [6.07, 6.45) is -3.45. The first kappa shape index (κ1) is 27.9. The molecule has 0 aliphatic carbocycles. The monoisotopic (exact) mass is 567 g/mol. The molecule has 0 spiro atoms. The number of carbonyl (C=O) groups excluding carboxylic acids is 2. The van der Waals surface area contributed by atoms with E-state index in [1.54, 1.807) is 30.3 Å². The van der Waals surface area contributed by atoms with E-state index < -0.39 is 35.7 Å². The highest BCUT2D eigenvalue weighted by atomic mass is 35.5. The predicted molar refractivity (Wildman–Crippen MR) is 136 cm³/mol. The molecule has 190 valence electrons. The summed E-state index contributed by atoms with van der Waals surface area (Å²) in [6.45, 7) is -0.442. The van der Waals surface area contributed by atoms with Crippen molar-refractivity contribution in [1.29, 1.82) is 5.26 Å². The number of hydrogen-bond acceptors (Lipinski definition) is 4. The zero-order valence-corrected chi connectivity index (χ0v) is 20.8. The second kappa shape index (κ2) is 12.0. The molecule has 0 radical (unpaired) electrons. The second-order valence-electron chi connectivity index (χ2n) is 7.33. The Morgan fingerprint density at radius 3 is 2.24 bits per heavy atom.